The number of benzene rings is 2. The van der Waals surface area contributed by atoms with Gasteiger partial charge in [0, 0.05) is 26.9 Å². The summed E-state index contributed by atoms with van der Waals surface area (Å²) in [5.41, 5.74) is 6.75. The van der Waals surface area contributed by atoms with E-state index in [9.17, 15) is 8.78 Å². The number of hydrogen-bond acceptors (Lipinski definition) is 3. The van der Waals surface area contributed by atoms with Crippen LogP contribution in [0.25, 0.3) is 0 Å². The molecule has 0 fully saturated rings. The Bertz CT molecular complexity index is 640. The smallest absolute Gasteiger partial charge is 0.387 e. The minimum atomic E-state index is -2.88. The van der Waals surface area contributed by atoms with Gasteiger partial charge in [0.25, 0.3) is 0 Å². The highest BCUT2D eigenvalue weighted by Gasteiger charge is 2.11. The number of hydrogen-bond donors (Lipinski definition) is 1. The van der Waals surface area contributed by atoms with Crippen LogP contribution < -0.4 is 10.5 Å². The van der Waals surface area contributed by atoms with Crippen molar-refractivity contribution in [3.05, 3.63) is 52.0 Å². The molecule has 2 rings (SSSR count). The van der Waals surface area contributed by atoms with Crippen LogP contribution in [-0.4, -0.2) is 6.61 Å². The molecule has 0 amide bonds. The largest absolute Gasteiger partial charge is 0.435 e. The van der Waals surface area contributed by atoms with Gasteiger partial charge in [-0.05, 0) is 36.4 Å². The molecular weight excluding hydrogens is 339 g/mol. The van der Waals surface area contributed by atoms with Crippen molar-refractivity contribution >= 4 is 40.7 Å². The van der Waals surface area contributed by atoms with Crippen molar-refractivity contribution in [3.63, 3.8) is 0 Å². The van der Waals surface area contributed by atoms with E-state index in [0.717, 1.165) is 4.90 Å². The van der Waals surface area contributed by atoms with Crippen LogP contribution in [0.4, 0.5) is 14.5 Å². The molecule has 0 aliphatic heterocycles. The second-order valence-electron chi connectivity index (χ2n) is 4.11. The first-order valence-electron chi connectivity index (χ1n) is 5.87. The fourth-order valence-electron chi connectivity index (χ4n) is 1.66. The lowest BCUT2D eigenvalue weighted by Gasteiger charge is -2.11. The summed E-state index contributed by atoms with van der Waals surface area (Å²) in [5, 5.41) is 0.967. The first kappa shape index (κ1) is 16.2. The molecule has 0 saturated carbocycles. The van der Waals surface area contributed by atoms with Gasteiger partial charge < -0.3 is 10.5 Å². The minimum absolute atomic E-state index is 0.105. The molecule has 0 aliphatic carbocycles. The van der Waals surface area contributed by atoms with E-state index in [2.05, 4.69) is 4.74 Å². The summed E-state index contributed by atoms with van der Waals surface area (Å²) in [7, 11) is 0. The van der Waals surface area contributed by atoms with Crippen LogP contribution in [0.1, 0.15) is 5.56 Å². The molecule has 2 aromatic carbocycles. The summed E-state index contributed by atoms with van der Waals surface area (Å²) in [6.45, 7) is -2.88. The van der Waals surface area contributed by atoms with Crippen LogP contribution >= 0.6 is 35.0 Å². The highest BCUT2D eigenvalue weighted by Crippen LogP contribution is 2.34. The van der Waals surface area contributed by atoms with Gasteiger partial charge in [-0.15, -0.1) is 11.8 Å². The van der Waals surface area contributed by atoms with Crippen LogP contribution in [0.2, 0.25) is 10.0 Å². The fraction of sp³-hybridized carbons (Fsp3) is 0.143. The topological polar surface area (TPSA) is 35.2 Å². The Morgan fingerprint density at radius 3 is 2.57 bits per heavy atom. The van der Waals surface area contributed by atoms with Gasteiger partial charge in [0.05, 0.1) is 5.02 Å². The second-order valence-corrected chi connectivity index (χ2v) is 5.97. The second kappa shape index (κ2) is 7.20. The maximum absolute atomic E-state index is 12.4. The van der Waals surface area contributed by atoms with Gasteiger partial charge in [-0.25, -0.2) is 0 Å². The first-order chi connectivity index (χ1) is 9.95. The lowest BCUT2D eigenvalue weighted by atomic mass is 10.2. The first-order valence-corrected chi connectivity index (χ1v) is 7.61. The Labute approximate surface area is 135 Å². The van der Waals surface area contributed by atoms with Crippen molar-refractivity contribution in [1.29, 1.82) is 0 Å². The Balaban J connectivity index is 2.16. The molecule has 0 radical (unpaired) electrons. The van der Waals surface area contributed by atoms with Crippen LogP contribution in [0, 0.1) is 0 Å². The Hall–Kier alpha value is -1.17. The van der Waals surface area contributed by atoms with Gasteiger partial charge in [-0.2, -0.15) is 8.78 Å². The predicted molar refractivity (Wildman–Crippen MR) is 83.5 cm³/mol. The Morgan fingerprint density at radius 1 is 1.14 bits per heavy atom. The predicted octanol–water partition coefficient (Wildman–Crippen LogP) is 5.47. The molecule has 0 bridgehead atoms. The maximum Gasteiger partial charge on any atom is 0.387 e. The standard InChI is InChI=1S/C14H11Cl2F2NOS/c15-9-1-3-12(20-14(17)18)8(5-9)7-21-13-4-2-10(19)6-11(13)16/h1-6,14H,7,19H2. The highest BCUT2D eigenvalue weighted by atomic mass is 35.5. The monoisotopic (exact) mass is 349 g/mol. The molecule has 2 aromatic rings. The molecule has 0 spiro atoms. The quantitative estimate of drug-likeness (QED) is 0.574. The average Bonchev–Trinajstić information content (AvgIpc) is 2.40. The molecule has 0 heterocycles. The van der Waals surface area contributed by atoms with E-state index >= 15 is 0 Å². The van der Waals surface area contributed by atoms with Gasteiger partial charge in [-0.3, -0.25) is 0 Å². The van der Waals surface area contributed by atoms with E-state index in [-0.39, 0.29) is 5.75 Å². The zero-order valence-corrected chi connectivity index (χ0v) is 13.0. The fourth-order valence-corrected chi connectivity index (χ4v) is 3.11. The molecule has 7 heteroatoms. The van der Waals surface area contributed by atoms with Gasteiger partial charge in [0.2, 0.25) is 0 Å². The van der Waals surface area contributed by atoms with E-state index < -0.39 is 6.61 Å². The number of ether oxygens (including phenoxy) is 1. The number of nitrogens with two attached hydrogens (primary N) is 1. The average molecular weight is 350 g/mol. The van der Waals surface area contributed by atoms with E-state index in [1.807, 2.05) is 0 Å². The molecule has 0 unspecified atom stereocenters. The van der Waals surface area contributed by atoms with Crippen LogP contribution in [0.5, 0.6) is 5.75 Å². The number of nitrogen functional groups attached to an aromatic ring is 1. The highest BCUT2D eigenvalue weighted by molar-refractivity contribution is 7.98. The molecule has 112 valence electrons. The van der Waals surface area contributed by atoms with Gasteiger partial charge >= 0.3 is 6.61 Å². The van der Waals surface area contributed by atoms with Crippen molar-refractivity contribution in [3.8, 4) is 5.75 Å². The van der Waals surface area contributed by atoms with Crippen molar-refractivity contribution in [2.24, 2.45) is 0 Å². The zero-order chi connectivity index (χ0) is 15.4. The number of rotatable bonds is 5. The van der Waals surface area contributed by atoms with Crippen LogP contribution in [0.15, 0.2) is 41.3 Å². The Morgan fingerprint density at radius 2 is 1.90 bits per heavy atom. The van der Waals surface area contributed by atoms with Gasteiger partial charge in [-0.1, -0.05) is 23.2 Å². The van der Waals surface area contributed by atoms with Crippen LogP contribution in [0.3, 0.4) is 0 Å². The molecule has 2 nitrogen and oxygen atoms in total. The summed E-state index contributed by atoms with van der Waals surface area (Å²) in [6, 6.07) is 9.66. The van der Waals surface area contributed by atoms with Crippen molar-refractivity contribution in [2.45, 2.75) is 17.3 Å². The lowest BCUT2D eigenvalue weighted by Crippen LogP contribution is -2.04. The van der Waals surface area contributed by atoms with Gasteiger partial charge in [0.1, 0.15) is 5.75 Å². The number of alkyl halides is 2. The Kier molecular flexibility index (Phi) is 5.56. The number of thioether (sulfide) groups is 1. The van der Waals surface area contributed by atoms with E-state index in [1.165, 1.54) is 23.9 Å². The third-order valence-corrected chi connectivity index (χ3v) is 4.36. The molecular formula is C14H11Cl2F2NOS. The van der Waals surface area contributed by atoms with Crippen molar-refractivity contribution in [2.75, 3.05) is 5.73 Å². The maximum atomic E-state index is 12.4. The molecule has 0 aliphatic rings. The summed E-state index contributed by atoms with van der Waals surface area (Å²) in [4.78, 5) is 0.800. The van der Waals surface area contributed by atoms with E-state index in [1.54, 1.807) is 24.3 Å². The molecule has 21 heavy (non-hydrogen) atoms. The van der Waals surface area contributed by atoms with Crippen molar-refractivity contribution in [1.82, 2.24) is 0 Å². The van der Waals surface area contributed by atoms with E-state index in [4.69, 9.17) is 28.9 Å². The summed E-state index contributed by atoms with van der Waals surface area (Å²) >= 11 is 13.4. The van der Waals surface area contributed by atoms with Gasteiger partial charge in [0.15, 0.2) is 0 Å². The van der Waals surface area contributed by atoms with Crippen LogP contribution in [-0.2, 0) is 5.75 Å². The zero-order valence-electron chi connectivity index (χ0n) is 10.7. The molecule has 0 atom stereocenters. The summed E-state index contributed by atoms with van der Waals surface area (Å²) in [5.74, 6) is 0.500. The third-order valence-electron chi connectivity index (χ3n) is 2.58. The molecule has 2 N–H and O–H groups in total. The number of anilines is 1. The lowest BCUT2D eigenvalue weighted by molar-refractivity contribution is -0.0503. The normalized spacial score (nSPS) is 10.9. The minimum Gasteiger partial charge on any atom is -0.435 e. The van der Waals surface area contributed by atoms with E-state index in [0.29, 0.717) is 27.0 Å². The summed E-state index contributed by atoms with van der Waals surface area (Å²) in [6.07, 6.45) is 0. The number of halogens is 4. The summed E-state index contributed by atoms with van der Waals surface area (Å²) < 4.78 is 29.2. The molecule has 0 saturated heterocycles. The SMILES string of the molecule is Nc1ccc(SCc2cc(Cl)ccc2OC(F)F)c(Cl)c1. The molecule has 0 aromatic heterocycles. The third kappa shape index (κ3) is 4.66. The van der Waals surface area contributed by atoms with Crippen molar-refractivity contribution < 1.29 is 13.5 Å².